The predicted molar refractivity (Wildman–Crippen MR) is 79.4 cm³/mol. The first-order valence-corrected chi connectivity index (χ1v) is 7.12. The number of carbonyl (C=O) groups excluding carboxylic acids is 1. The number of nitrogens with one attached hydrogen (secondary N) is 1. The van der Waals surface area contributed by atoms with E-state index in [1.165, 1.54) is 6.07 Å². The number of hydrogen-bond donors (Lipinski definition) is 1. The number of hydrogen-bond acceptors (Lipinski definition) is 1. The maximum atomic E-state index is 13.4. The van der Waals surface area contributed by atoms with Crippen LogP contribution in [0, 0.1) is 5.82 Å². The fourth-order valence-corrected chi connectivity index (χ4v) is 2.90. The van der Waals surface area contributed by atoms with Gasteiger partial charge >= 0.3 is 0 Å². The molecule has 0 aliphatic carbocycles. The molecular weight excluding hydrogens is 377 g/mol. The van der Waals surface area contributed by atoms with Gasteiger partial charge in [-0.15, -0.1) is 0 Å². The minimum absolute atomic E-state index is 0.162. The van der Waals surface area contributed by atoms with E-state index < -0.39 is 0 Å². The molecular formula is C14H10Br2FNO. The molecule has 1 amide bonds. The van der Waals surface area contributed by atoms with Crippen LogP contribution in [-0.2, 0) is 6.54 Å². The average Bonchev–Trinajstić information content (AvgIpc) is 2.36. The molecule has 2 aromatic carbocycles. The second kappa shape index (κ2) is 6.30. The highest BCUT2D eigenvalue weighted by molar-refractivity contribution is 9.11. The zero-order valence-corrected chi connectivity index (χ0v) is 13.0. The summed E-state index contributed by atoms with van der Waals surface area (Å²) >= 11 is 6.64. The number of carbonyl (C=O) groups is 1. The summed E-state index contributed by atoms with van der Waals surface area (Å²) in [6.07, 6.45) is 0. The van der Waals surface area contributed by atoms with Gasteiger partial charge in [-0.05, 0) is 24.3 Å². The Bertz CT molecular complexity index is 596. The molecule has 1 N–H and O–H groups in total. The van der Waals surface area contributed by atoms with Crippen LogP contribution in [0.15, 0.2) is 51.4 Å². The summed E-state index contributed by atoms with van der Waals surface area (Å²) in [7, 11) is 0. The van der Waals surface area contributed by atoms with E-state index in [4.69, 9.17) is 0 Å². The van der Waals surface area contributed by atoms with E-state index >= 15 is 0 Å². The van der Waals surface area contributed by atoms with Crippen molar-refractivity contribution >= 4 is 37.8 Å². The molecule has 0 unspecified atom stereocenters. The van der Waals surface area contributed by atoms with Crippen molar-refractivity contribution in [2.45, 2.75) is 6.54 Å². The van der Waals surface area contributed by atoms with Crippen molar-refractivity contribution in [1.82, 2.24) is 5.32 Å². The van der Waals surface area contributed by atoms with Crippen LogP contribution < -0.4 is 5.32 Å². The number of rotatable bonds is 3. The SMILES string of the molecule is O=C(NCc1ccccc1F)c1cc(Br)cc(Br)c1. The molecule has 0 aliphatic heterocycles. The van der Waals surface area contributed by atoms with Crippen LogP contribution in [0.3, 0.4) is 0 Å². The van der Waals surface area contributed by atoms with Gasteiger partial charge in [-0.3, -0.25) is 4.79 Å². The smallest absolute Gasteiger partial charge is 0.251 e. The first kappa shape index (κ1) is 14.2. The lowest BCUT2D eigenvalue weighted by Gasteiger charge is -2.07. The molecule has 0 aliphatic rings. The summed E-state index contributed by atoms with van der Waals surface area (Å²) in [4.78, 5) is 12.0. The summed E-state index contributed by atoms with van der Waals surface area (Å²) in [6, 6.07) is 11.6. The molecule has 0 heterocycles. The molecule has 2 aromatic rings. The largest absolute Gasteiger partial charge is 0.348 e. The van der Waals surface area contributed by atoms with Crippen molar-refractivity contribution in [2.24, 2.45) is 0 Å². The van der Waals surface area contributed by atoms with Gasteiger partial charge in [0.05, 0.1) is 0 Å². The van der Waals surface area contributed by atoms with Gasteiger partial charge in [0.2, 0.25) is 0 Å². The van der Waals surface area contributed by atoms with Gasteiger partial charge in [-0.25, -0.2) is 4.39 Å². The van der Waals surface area contributed by atoms with E-state index in [9.17, 15) is 9.18 Å². The first-order valence-electron chi connectivity index (χ1n) is 5.54. The van der Waals surface area contributed by atoms with Crippen molar-refractivity contribution < 1.29 is 9.18 Å². The number of halogens is 3. The Morgan fingerprint density at radius 3 is 2.37 bits per heavy atom. The highest BCUT2D eigenvalue weighted by Crippen LogP contribution is 2.20. The molecule has 0 saturated carbocycles. The molecule has 2 nitrogen and oxygen atoms in total. The van der Waals surface area contributed by atoms with Gasteiger partial charge in [0.1, 0.15) is 5.82 Å². The first-order chi connectivity index (χ1) is 9.06. The summed E-state index contributed by atoms with van der Waals surface area (Å²) in [6.45, 7) is 0.162. The van der Waals surface area contributed by atoms with E-state index in [1.54, 1.807) is 30.3 Å². The molecule has 98 valence electrons. The van der Waals surface area contributed by atoms with Crippen molar-refractivity contribution in [3.05, 3.63) is 68.4 Å². The summed E-state index contributed by atoms with van der Waals surface area (Å²) in [5.74, 6) is -0.566. The van der Waals surface area contributed by atoms with Crippen LogP contribution in [-0.4, -0.2) is 5.91 Å². The molecule has 5 heteroatoms. The number of amides is 1. The predicted octanol–water partition coefficient (Wildman–Crippen LogP) is 4.28. The standard InChI is InChI=1S/C14H10Br2FNO/c15-11-5-10(6-12(16)7-11)14(19)18-8-9-3-1-2-4-13(9)17/h1-7H,8H2,(H,18,19). The van der Waals surface area contributed by atoms with Gasteiger partial charge in [0.15, 0.2) is 0 Å². The Balaban J connectivity index is 2.08. The fraction of sp³-hybridized carbons (Fsp3) is 0.0714. The Kier molecular flexibility index (Phi) is 4.71. The van der Waals surface area contributed by atoms with E-state index in [0.717, 1.165) is 8.95 Å². The van der Waals surface area contributed by atoms with Crippen LogP contribution in [0.1, 0.15) is 15.9 Å². The van der Waals surface area contributed by atoms with Crippen molar-refractivity contribution in [3.8, 4) is 0 Å². The second-order valence-corrected chi connectivity index (χ2v) is 5.76. The van der Waals surface area contributed by atoms with Crippen LogP contribution in [0.5, 0.6) is 0 Å². The summed E-state index contributed by atoms with van der Waals surface area (Å²) in [5, 5.41) is 2.69. The third-order valence-corrected chi connectivity index (χ3v) is 3.44. The van der Waals surface area contributed by atoms with E-state index in [2.05, 4.69) is 37.2 Å². The maximum absolute atomic E-state index is 13.4. The molecule has 0 fully saturated rings. The minimum Gasteiger partial charge on any atom is -0.348 e. The van der Waals surface area contributed by atoms with Gasteiger partial charge in [-0.1, -0.05) is 50.1 Å². The van der Waals surface area contributed by atoms with Gasteiger partial charge in [0.25, 0.3) is 5.91 Å². The zero-order chi connectivity index (χ0) is 13.8. The Hall–Kier alpha value is -1.20. The Labute approximate surface area is 127 Å². The van der Waals surface area contributed by atoms with Gasteiger partial charge in [0, 0.05) is 26.6 Å². The third-order valence-electron chi connectivity index (χ3n) is 2.52. The lowest BCUT2D eigenvalue weighted by Crippen LogP contribution is -2.23. The van der Waals surface area contributed by atoms with Crippen molar-refractivity contribution in [3.63, 3.8) is 0 Å². The van der Waals surface area contributed by atoms with Gasteiger partial charge < -0.3 is 5.32 Å². The van der Waals surface area contributed by atoms with E-state index in [1.807, 2.05) is 6.07 Å². The molecule has 0 atom stereocenters. The maximum Gasteiger partial charge on any atom is 0.251 e. The quantitative estimate of drug-likeness (QED) is 0.837. The van der Waals surface area contributed by atoms with E-state index in [0.29, 0.717) is 11.1 Å². The summed E-state index contributed by atoms with van der Waals surface area (Å²) < 4.78 is 15.0. The molecule has 2 rings (SSSR count). The van der Waals surface area contributed by atoms with Crippen molar-refractivity contribution in [1.29, 1.82) is 0 Å². The zero-order valence-electron chi connectivity index (χ0n) is 9.79. The van der Waals surface area contributed by atoms with Crippen LogP contribution in [0.2, 0.25) is 0 Å². The van der Waals surface area contributed by atoms with Crippen LogP contribution in [0.25, 0.3) is 0 Å². The summed E-state index contributed by atoms with van der Waals surface area (Å²) in [5.41, 5.74) is 0.975. The molecule has 0 spiro atoms. The Morgan fingerprint density at radius 2 is 1.74 bits per heavy atom. The number of benzene rings is 2. The average molecular weight is 387 g/mol. The molecule has 19 heavy (non-hydrogen) atoms. The minimum atomic E-state index is -0.321. The van der Waals surface area contributed by atoms with Crippen LogP contribution >= 0.6 is 31.9 Å². The van der Waals surface area contributed by atoms with Crippen molar-refractivity contribution in [2.75, 3.05) is 0 Å². The Morgan fingerprint density at radius 1 is 1.11 bits per heavy atom. The highest BCUT2D eigenvalue weighted by Gasteiger charge is 2.08. The second-order valence-electron chi connectivity index (χ2n) is 3.93. The van der Waals surface area contributed by atoms with Gasteiger partial charge in [-0.2, -0.15) is 0 Å². The molecule has 0 bridgehead atoms. The molecule has 0 radical (unpaired) electrons. The topological polar surface area (TPSA) is 29.1 Å². The lowest BCUT2D eigenvalue weighted by atomic mass is 10.2. The van der Waals surface area contributed by atoms with E-state index in [-0.39, 0.29) is 18.3 Å². The van der Waals surface area contributed by atoms with Crippen LogP contribution in [0.4, 0.5) is 4.39 Å². The monoisotopic (exact) mass is 385 g/mol. The molecule has 0 saturated heterocycles. The fourth-order valence-electron chi connectivity index (χ4n) is 1.60. The normalized spacial score (nSPS) is 10.3. The highest BCUT2D eigenvalue weighted by atomic mass is 79.9. The third kappa shape index (κ3) is 3.88. The lowest BCUT2D eigenvalue weighted by molar-refractivity contribution is 0.0950. The molecule has 0 aromatic heterocycles.